The number of furan rings is 1. The molecule has 2 N–H and O–H groups in total. The van der Waals surface area contributed by atoms with Gasteiger partial charge in [0.1, 0.15) is 10.6 Å². The second-order valence-corrected chi connectivity index (χ2v) is 6.19. The normalized spacial score (nSPS) is 10.2. The molecule has 0 bridgehead atoms. The number of hydrogen-bond donors (Lipinski definition) is 2. The van der Waals surface area contributed by atoms with Crippen molar-refractivity contribution in [2.75, 3.05) is 6.61 Å². The van der Waals surface area contributed by atoms with E-state index in [1.165, 1.54) is 17.6 Å². The van der Waals surface area contributed by atoms with Crippen LogP contribution in [0.1, 0.15) is 32.8 Å². The fraction of sp³-hybridized carbons (Fsp3) is 0.312. The van der Waals surface area contributed by atoms with E-state index in [1.54, 1.807) is 18.2 Å². The molecule has 0 saturated carbocycles. The molecule has 2 rings (SSSR count). The molecule has 0 aliphatic carbocycles. The van der Waals surface area contributed by atoms with E-state index in [0.29, 0.717) is 10.6 Å². The van der Waals surface area contributed by atoms with Crippen LogP contribution in [0.5, 0.6) is 0 Å². The highest BCUT2D eigenvalue weighted by Crippen LogP contribution is 2.22. The predicted molar refractivity (Wildman–Crippen MR) is 87.8 cm³/mol. The van der Waals surface area contributed by atoms with Crippen LogP contribution in [0.4, 0.5) is 4.79 Å². The predicted octanol–water partition coefficient (Wildman–Crippen LogP) is 2.39. The van der Waals surface area contributed by atoms with Gasteiger partial charge in [0.25, 0.3) is 5.91 Å². The highest BCUT2D eigenvalue weighted by atomic mass is 32.1. The molecule has 0 radical (unpaired) electrons. The van der Waals surface area contributed by atoms with Crippen molar-refractivity contribution < 1.29 is 23.5 Å². The van der Waals surface area contributed by atoms with Crippen LogP contribution in [0.3, 0.4) is 0 Å². The lowest BCUT2D eigenvalue weighted by molar-refractivity contribution is -0.123. The van der Waals surface area contributed by atoms with Gasteiger partial charge in [0.2, 0.25) is 0 Å². The van der Waals surface area contributed by atoms with Gasteiger partial charge in [-0.3, -0.25) is 10.1 Å². The molecule has 2 heterocycles. The third-order valence-corrected chi connectivity index (χ3v) is 4.27. The Hall–Kier alpha value is -2.61. The number of amides is 3. The molecule has 0 aromatic carbocycles. The number of ether oxygens (including phenoxy) is 1. The van der Waals surface area contributed by atoms with Crippen molar-refractivity contribution in [3.05, 3.63) is 45.5 Å². The van der Waals surface area contributed by atoms with Crippen LogP contribution in [0.25, 0.3) is 0 Å². The van der Waals surface area contributed by atoms with E-state index in [4.69, 9.17) is 9.15 Å². The maximum Gasteiger partial charge on any atom is 0.348 e. The van der Waals surface area contributed by atoms with Gasteiger partial charge in [-0.25, -0.2) is 9.59 Å². The third-order valence-electron chi connectivity index (χ3n) is 3.19. The molecule has 2 aromatic heterocycles. The smallest absolute Gasteiger partial charge is 0.348 e. The van der Waals surface area contributed by atoms with Crippen molar-refractivity contribution in [2.45, 2.75) is 26.8 Å². The fourth-order valence-electron chi connectivity index (χ4n) is 1.96. The molecular weight excluding hydrogens is 332 g/mol. The van der Waals surface area contributed by atoms with Crippen molar-refractivity contribution in [3.63, 3.8) is 0 Å². The highest BCUT2D eigenvalue weighted by molar-refractivity contribution is 7.14. The van der Waals surface area contributed by atoms with E-state index < -0.39 is 24.5 Å². The summed E-state index contributed by atoms with van der Waals surface area (Å²) in [6, 6.07) is 4.46. The number of thiophene rings is 1. The highest BCUT2D eigenvalue weighted by Gasteiger charge is 2.15. The van der Waals surface area contributed by atoms with Crippen LogP contribution in [0.15, 0.2) is 28.9 Å². The molecule has 0 atom stereocenters. The zero-order chi connectivity index (χ0) is 17.5. The lowest BCUT2D eigenvalue weighted by Gasteiger charge is -2.06. The average molecular weight is 350 g/mol. The van der Waals surface area contributed by atoms with Crippen molar-refractivity contribution in [3.8, 4) is 0 Å². The molecule has 128 valence electrons. The fourth-order valence-corrected chi connectivity index (χ4v) is 2.97. The first-order valence-corrected chi connectivity index (χ1v) is 8.17. The summed E-state index contributed by atoms with van der Waals surface area (Å²) in [5.41, 5.74) is 1.08. The molecule has 3 amide bonds. The van der Waals surface area contributed by atoms with Crippen LogP contribution >= 0.6 is 11.3 Å². The molecule has 2 aromatic rings. The quantitative estimate of drug-likeness (QED) is 0.780. The molecule has 0 saturated heterocycles. The number of rotatable bonds is 6. The van der Waals surface area contributed by atoms with Crippen molar-refractivity contribution in [1.29, 1.82) is 0 Å². The molecule has 0 aliphatic heterocycles. The summed E-state index contributed by atoms with van der Waals surface area (Å²) in [4.78, 5) is 36.5. The molecular formula is C16H18N2O5S. The van der Waals surface area contributed by atoms with Gasteiger partial charge in [-0.05, 0) is 37.1 Å². The minimum absolute atomic E-state index is 0.153. The largest absolute Gasteiger partial charge is 0.467 e. The number of carbonyl (C=O) groups is 3. The van der Waals surface area contributed by atoms with E-state index in [1.807, 2.05) is 13.8 Å². The van der Waals surface area contributed by atoms with Gasteiger partial charge in [-0.1, -0.05) is 6.92 Å². The van der Waals surface area contributed by atoms with Gasteiger partial charge in [0, 0.05) is 4.88 Å². The van der Waals surface area contributed by atoms with Gasteiger partial charge >= 0.3 is 12.0 Å². The van der Waals surface area contributed by atoms with Gasteiger partial charge < -0.3 is 14.5 Å². The minimum Gasteiger partial charge on any atom is -0.467 e. The molecule has 0 unspecified atom stereocenters. The van der Waals surface area contributed by atoms with Crippen LogP contribution in [0.2, 0.25) is 0 Å². The van der Waals surface area contributed by atoms with Gasteiger partial charge in [-0.15, -0.1) is 11.3 Å². The van der Waals surface area contributed by atoms with Gasteiger partial charge in [0.15, 0.2) is 6.61 Å². The Morgan fingerprint density at radius 2 is 2.12 bits per heavy atom. The Bertz CT molecular complexity index is 721. The number of aryl methyl sites for hydroxylation is 2. The SMILES string of the molecule is CCc1cc(C(=O)OCC(=O)NC(=O)NCc2ccco2)sc1C. The summed E-state index contributed by atoms with van der Waals surface area (Å²) < 4.78 is 9.96. The van der Waals surface area contributed by atoms with E-state index in [9.17, 15) is 14.4 Å². The van der Waals surface area contributed by atoms with Gasteiger partial charge in [-0.2, -0.15) is 0 Å². The summed E-state index contributed by atoms with van der Waals surface area (Å²) >= 11 is 1.32. The zero-order valence-electron chi connectivity index (χ0n) is 13.4. The first-order chi connectivity index (χ1) is 11.5. The molecule has 24 heavy (non-hydrogen) atoms. The molecule has 0 fully saturated rings. The molecule has 0 spiro atoms. The lowest BCUT2D eigenvalue weighted by Crippen LogP contribution is -2.41. The third kappa shape index (κ3) is 4.95. The Morgan fingerprint density at radius 1 is 1.33 bits per heavy atom. The summed E-state index contributed by atoms with van der Waals surface area (Å²) in [6.07, 6.45) is 2.31. The maximum atomic E-state index is 11.9. The Balaban J connectivity index is 1.73. The zero-order valence-corrected chi connectivity index (χ0v) is 14.2. The van der Waals surface area contributed by atoms with Crippen LogP contribution in [0, 0.1) is 6.92 Å². The number of carbonyl (C=O) groups excluding carboxylic acids is 3. The van der Waals surface area contributed by atoms with Crippen molar-refractivity contribution in [2.24, 2.45) is 0 Å². The number of hydrogen-bond acceptors (Lipinski definition) is 6. The Morgan fingerprint density at radius 3 is 2.75 bits per heavy atom. The van der Waals surface area contributed by atoms with E-state index in [2.05, 4.69) is 10.6 Å². The topological polar surface area (TPSA) is 97.6 Å². The minimum atomic E-state index is -0.704. The molecule has 7 nitrogen and oxygen atoms in total. The average Bonchev–Trinajstić information content (AvgIpc) is 3.19. The number of imide groups is 1. The van der Waals surface area contributed by atoms with E-state index in [0.717, 1.165) is 16.9 Å². The number of nitrogens with one attached hydrogen (secondary N) is 2. The van der Waals surface area contributed by atoms with E-state index >= 15 is 0 Å². The maximum absolute atomic E-state index is 11.9. The summed E-state index contributed by atoms with van der Waals surface area (Å²) in [5.74, 6) is -0.720. The van der Waals surface area contributed by atoms with E-state index in [-0.39, 0.29) is 6.54 Å². The van der Waals surface area contributed by atoms with Crippen LogP contribution in [-0.2, 0) is 22.5 Å². The van der Waals surface area contributed by atoms with Crippen LogP contribution in [-0.4, -0.2) is 24.5 Å². The Kier molecular flexibility index (Phi) is 6.14. The molecule has 0 aliphatic rings. The second-order valence-electron chi connectivity index (χ2n) is 4.93. The lowest BCUT2D eigenvalue weighted by atomic mass is 10.2. The standard InChI is InChI=1S/C16H18N2O5S/c1-3-11-7-13(24-10(11)2)15(20)23-9-14(19)18-16(21)17-8-12-5-4-6-22-12/h4-7H,3,8-9H2,1-2H3,(H2,17,18,19,21). The molecule has 8 heteroatoms. The van der Waals surface area contributed by atoms with Gasteiger partial charge in [0.05, 0.1) is 12.8 Å². The van der Waals surface area contributed by atoms with Crippen molar-refractivity contribution in [1.82, 2.24) is 10.6 Å². The summed E-state index contributed by atoms with van der Waals surface area (Å²) in [5, 5.41) is 4.52. The van der Waals surface area contributed by atoms with Crippen LogP contribution < -0.4 is 10.6 Å². The first kappa shape index (κ1) is 17.7. The number of urea groups is 1. The number of esters is 1. The summed E-state index contributed by atoms with van der Waals surface area (Å²) in [7, 11) is 0. The Labute approximate surface area is 143 Å². The monoisotopic (exact) mass is 350 g/mol. The van der Waals surface area contributed by atoms with Crippen molar-refractivity contribution >= 4 is 29.2 Å². The summed E-state index contributed by atoms with van der Waals surface area (Å²) in [6.45, 7) is 3.56. The first-order valence-electron chi connectivity index (χ1n) is 7.36. The second kappa shape index (κ2) is 8.30.